The van der Waals surface area contributed by atoms with Crippen molar-refractivity contribution in [3.8, 4) is 22.8 Å². The average molecular weight is 230 g/mol. The van der Waals surface area contributed by atoms with Crippen molar-refractivity contribution in [2.45, 2.75) is 0 Å². The second kappa shape index (κ2) is 3.62. The molecule has 1 aromatic carbocycles. The molecule has 5 nitrogen and oxygen atoms in total. The largest absolute Gasteiger partial charge is 0.454 e. The number of carbonyl (C=O) groups is 1. The molecule has 0 spiro atoms. The van der Waals surface area contributed by atoms with Gasteiger partial charge >= 0.3 is 0 Å². The van der Waals surface area contributed by atoms with Crippen LogP contribution in [0.4, 0.5) is 0 Å². The summed E-state index contributed by atoms with van der Waals surface area (Å²) in [7, 11) is 1.85. The molecule has 0 atom stereocenters. The summed E-state index contributed by atoms with van der Waals surface area (Å²) in [6.45, 7) is 0.241. The van der Waals surface area contributed by atoms with Crippen LogP contribution >= 0.6 is 0 Å². The van der Waals surface area contributed by atoms with Crippen LogP contribution in [0, 0.1) is 0 Å². The highest BCUT2D eigenvalue weighted by Crippen LogP contribution is 2.36. The number of benzene rings is 1. The average Bonchev–Trinajstić information content (AvgIpc) is 2.93. The summed E-state index contributed by atoms with van der Waals surface area (Å²) >= 11 is 0. The Morgan fingerprint density at radius 3 is 3.00 bits per heavy atom. The highest BCUT2D eigenvalue weighted by Gasteiger charge is 2.17. The summed E-state index contributed by atoms with van der Waals surface area (Å²) in [5.41, 5.74) is 2.08. The minimum atomic E-state index is 0.241. The van der Waals surface area contributed by atoms with E-state index in [2.05, 4.69) is 4.98 Å². The Balaban J connectivity index is 2.15. The van der Waals surface area contributed by atoms with Crippen molar-refractivity contribution in [2.24, 2.45) is 7.05 Å². The molecule has 1 aromatic heterocycles. The molecule has 0 radical (unpaired) electrons. The van der Waals surface area contributed by atoms with Crippen LogP contribution in [0.15, 0.2) is 24.5 Å². The molecule has 0 amide bonds. The Hall–Kier alpha value is -2.30. The van der Waals surface area contributed by atoms with Gasteiger partial charge in [0.15, 0.2) is 17.8 Å². The number of rotatable bonds is 2. The predicted octanol–water partition coefficient (Wildman–Crippen LogP) is 1.63. The van der Waals surface area contributed by atoms with E-state index in [9.17, 15) is 4.79 Å². The van der Waals surface area contributed by atoms with Crippen LogP contribution in [0.1, 0.15) is 10.5 Å². The first kappa shape index (κ1) is 9.89. The normalized spacial score (nSPS) is 12.8. The third kappa shape index (κ3) is 1.47. The number of ether oxygens (including phenoxy) is 2. The fourth-order valence-corrected chi connectivity index (χ4v) is 1.93. The zero-order valence-electron chi connectivity index (χ0n) is 9.21. The maximum atomic E-state index is 10.9. The van der Waals surface area contributed by atoms with Gasteiger partial charge in [-0.2, -0.15) is 0 Å². The third-order valence-electron chi connectivity index (χ3n) is 2.72. The fourth-order valence-electron chi connectivity index (χ4n) is 1.93. The molecule has 17 heavy (non-hydrogen) atoms. The van der Waals surface area contributed by atoms with E-state index in [1.54, 1.807) is 10.9 Å². The predicted molar refractivity (Wildman–Crippen MR) is 60.2 cm³/mol. The summed E-state index contributed by atoms with van der Waals surface area (Å²) in [4.78, 5) is 14.9. The van der Waals surface area contributed by atoms with Crippen LogP contribution in [0.5, 0.6) is 11.5 Å². The van der Waals surface area contributed by atoms with Gasteiger partial charge in [0.25, 0.3) is 0 Å². The highest BCUT2D eigenvalue weighted by atomic mass is 16.7. The number of fused-ring (bicyclic) bond motifs is 1. The van der Waals surface area contributed by atoms with Crippen LogP contribution in [0.3, 0.4) is 0 Å². The van der Waals surface area contributed by atoms with Crippen LogP contribution in [-0.2, 0) is 7.05 Å². The van der Waals surface area contributed by atoms with Gasteiger partial charge in [0.05, 0.1) is 12.0 Å². The minimum absolute atomic E-state index is 0.241. The zero-order chi connectivity index (χ0) is 11.8. The lowest BCUT2D eigenvalue weighted by Crippen LogP contribution is -1.93. The van der Waals surface area contributed by atoms with E-state index in [-0.39, 0.29) is 6.79 Å². The maximum Gasteiger partial charge on any atom is 0.231 e. The SMILES string of the molecule is Cn1cnc(C=O)c1-c1ccc2c(c1)OCO2. The molecule has 2 heterocycles. The number of hydrogen-bond donors (Lipinski definition) is 0. The van der Waals surface area contributed by atoms with Gasteiger partial charge in [-0.25, -0.2) is 4.98 Å². The lowest BCUT2D eigenvalue weighted by Gasteiger charge is -2.04. The summed E-state index contributed by atoms with van der Waals surface area (Å²) in [6.07, 6.45) is 2.36. The monoisotopic (exact) mass is 230 g/mol. The summed E-state index contributed by atoms with van der Waals surface area (Å²) in [5, 5.41) is 0. The van der Waals surface area contributed by atoms with E-state index >= 15 is 0 Å². The van der Waals surface area contributed by atoms with Gasteiger partial charge in [-0.3, -0.25) is 4.79 Å². The Labute approximate surface area is 97.6 Å². The third-order valence-corrected chi connectivity index (χ3v) is 2.72. The Morgan fingerprint density at radius 2 is 2.18 bits per heavy atom. The van der Waals surface area contributed by atoms with E-state index in [4.69, 9.17) is 9.47 Å². The van der Waals surface area contributed by atoms with Crippen LogP contribution < -0.4 is 9.47 Å². The number of nitrogens with zero attached hydrogens (tertiary/aromatic N) is 2. The van der Waals surface area contributed by atoms with Crippen molar-refractivity contribution in [1.82, 2.24) is 9.55 Å². The molecule has 2 aromatic rings. The van der Waals surface area contributed by atoms with E-state index in [0.29, 0.717) is 11.4 Å². The van der Waals surface area contributed by atoms with E-state index in [1.807, 2.05) is 25.2 Å². The molecule has 0 saturated heterocycles. The van der Waals surface area contributed by atoms with Gasteiger partial charge in [0, 0.05) is 12.6 Å². The van der Waals surface area contributed by atoms with E-state index < -0.39 is 0 Å². The number of imidazole rings is 1. The summed E-state index contributed by atoms with van der Waals surface area (Å²) in [6, 6.07) is 5.57. The molecule has 3 rings (SSSR count). The molecule has 86 valence electrons. The van der Waals surface area contributed by atoms with Crippen molar-refractivity contribution in [2.75, 3.05) is 6.79 Å². The lowest BCUT2D eigenvalue weighted by atomic mass is 10.1. The first-order valence-electron chi connectivity index (χ1n) is 5.16. The molecule has 0 N–H and O–H groups in total. The molecule has 0 fully saturated rings. The van der Waals surface area contributed by atoms with E-state index in [1.165, 1.54) is 0 Å². The number of aryl methyl sites for hydroxylation is 1. The Kier molecular flexibility index (Phi) is 2.11. The molecule has 0 saturated carbocycles. The maximum absolute atomic E-state index is 10.9. The topological polar surface area (TPSA) is 53.4 Å². The molecule has 5 heteroatoms. The summed E-state index contributed by atoms with van der Waals surface area (Å²) in [5.74, 6) is 1.42. The van der Waals surface area contributed by atoms with Crippen molar-refractivity contribution < 1.29 is 14.3 Å². The highest BCUT2D eigenvalue weighted by molar-refractivity contribution is 5.84. The van der Waals surface area contributed by atoms with Crippen molar-refractivity contribution in [1.29, 1.82) is 0 Å². The molecule has 0 unspecified atom stereocenters. The van der Waals surface area contributed by atoms with Gasteiger partial charge in [-0.1, -0.05) is 0 Å². The minimum Gasteiger partial charge on any atom is -0.454 e. The van der Waals surface area contributed by atoms with Gasteiger partial charge in [-0.05, 0) is 18.2 Å². The number of hydrogen-bond acceptors (Lipinski definition) is 4. The van der Waals surface area contributed by atoms with Crippen molar-refractivity contribution in [3.05, 3.63) is 30.2 Å². The smallest absolute Gasteiger partial charge is 0.231 e. The number of carbonyl (C=O) groups excluding carboxylic acids is 1. The first-order chi connectivity index (χ1) is 8.29. The van der Waals surface area contributed by atoms with Gasteiger partial charge in [0.1, 0.15) is 5.69 Å². The van der Waals surface area contributed by atoms with Crippen molar-refractivity contribution >= 4 is 6.29 Å². The number of aldehydes is 1. The molecule has 1 aliphatic heterocycles. The zero-order valence-corrected chi connectivity index (χ0v) is 9.21. The standard InChI is InChI=1S/C12H10N2O3/c1-14-6-13-9(5-15)12(14)8-2-3-10-11(4-8)17-7-16-10/h2-6H,7H2,1H3. The molecule has 1 aliphatic rings. The second-order valence-corrected chi connectivity index (χ2v) is 3.78. The lowest BCUT2D eigenvalue weighted by molar-refractivity contribution is 0.112. The van der Waals surface area contributed by atoms with Crippen LogP contribution in [-0.4, -0.2) is 22.6 Å². The molecule has 0 bridgehead atoms. The van der Waals surface area contributed by atoms with Gasteiger partial charge in [-0.15, -0.1) is 0 Å². The fraction of sp³-hybridized carbons (Fsp3) is 0.167. The van der Waals surface area contributed by atoms with Gasteiger partial charge in [0.2, 0.25) is 6.79 Å². The molecule has 0 aliphatic carbocycles. The van der Waals surface area contributed by atoms with Crippen LogP contribution in [0.2, 0.25) is 0 Å². The number of aromatic nitrogens is 2. The van der Waals surface area contributed by atoms with Crippen molar-refractivity contribution in [3.63, 3.8) is 0 Å². The molecular weight excluding hydrogens is 220 g/mol. The quantitative estimate of drug-likeness (QED) is 0.736. The summed E-state index contributed by atoms with van der Waals surface area (Å²) < 4.78 is 12.4. The molecular formula is C12H10N2O3. The van der Waals surface area contributed by atoms with E-state index in [0.717, 1.165) is 23.3 Å². The Bertz CT molecular complexity index is 589. The second-order valence-electron chi connectivity index (χ2n) is 3.78. The first-order valence-corrected chi connectivity index (χ1v) is 5.16. The van der Waals surface area contributed by atoms with Crippen LogP contribution in [0.25, 0.3) is 11.3 Å². The Morgan fingerprint density at radius 1 is 1.35 bits per heavy atom. The van der Waals surface area contributed by atoms with Gasteiger partial charge < -0.3 is 14.0 Å².